The summed E-state index contributed by atoms with van der Waals surface area (Å²) in [5.41, 5.74) is 0.820. The standard InChI is InChI=1S/C20H22ClN3O3S/c1-23(2)9-10-24(20-22-17-8-7-14(21)11-18(17)28-20)19(25)13-27-16-6-4-5-15(12-16)26-3/h4-8,11-12H,9-10,13H2,1-3H3. The maximum absolute atomic E-state index is 12.9. The molecule has 0 saturated carbocycles. The summed E-state index contributed by atoms with van der Waals surface area (Å²) in [7, 11) is 5.52. The van der Waals surface area contributed by atoms with Gasteiger partial charge in [-0.05, 0) is 44.4 Å². The first-order valence-corrected chi connectivity index (χ1v) is 9.94. The molecule has 0 aliphatic carbocycles. The van der Waals surface area contributed by atoms with Crippen LogP contribution in [0.3, 0.4) is 0 Å². The van der Waals surface area contributed by atoms with Crippen LogP contribution in [0, 0.1) is 0 Å². The Labute approximate surface area is 173 Å². The number of methoxy groups -OCH3 is 1. The van der Waals surface area contributed by atoms with Gasteiger partial charge in [-0.15, -0.1) is 0 Å². The Hall–Kier alpha value is -2.35. The number of amides is 1. The molecule has 0 bridgehead atoms. The Morgan fingerprint density at radius 2 is 1.93 bits per heavy atom. The van der Waals surface area contributed by atoms with Crippen molar-refractivity contribution in [3.8, 4) is 11.5 Å². The first-order chi connectivity index (χ1) is 13.5. The third kappa shape index (κ3) is 5.13. The normalized spacial score (nSPS) is 11.0. The van der Waals surface area contributed by atoms with Gasteiger partial charge in [0.15, 0.2) is 11.7 Å². The molecule has 0 radical (unpaired) electrons. The van der Waals surface area contributed by atoms with Gasteiger partial charge in [0.25, 0.3) is 5.91 Å². The zero-order valence-electron chi connectivity index (χ0n) is 16.0. The molecule has 0 spiro atoms. The van der Waals surface area contributed by atoms with Crippen molar-refractivity contribution in [2.24, 2.45) is 0 Å². The van der Waals surface area contributed by atoms with Crippen LogP contribution in [0.1, 0.15) is 0 Å². The largest absolute Gasteiger partial charge is 0.497 e. The minimum atomic E-state index is -0.158. The number of aromatic nitrogens is 1. The van der Waals surface area contributed by atoms with Gasteiger partial charge in [-0.1, -0.05) is 29.0 Å². The first kappa shape index (κ1) is 20.4. The molecule has 3 aromatic rings. The Morgan fingerprint density at radius 3 is 2.68 bits per heavy atom. The van der Waals surface area contributed by atoms with Crippen molar-refractivity contribution in [1.82, 2.24) is 9.88 Å². The van der Waals surface area contributed by atoms with Crippen molar-refractivity contribution >= 4 is 44.2 Å². The van der Waals surface area contributed by atoms with Crippen molar-refractivity contribution < 1.29 is 14.3 Å². The van der Waals surface area contributed by atoms with E-state index in [1.165, 1.54) is 11.3 Å². The van der Waals surface area contributed by atoms with Gasteiger partial charge in [0.2, 0.25) is 0 Å². The van der Waals surface area contributed by atoms with Gasteiger partial charge in [0.05, 0.1) is 17.3 Å². The van der Waals surface area contributed by atoms with Gasteiger partial charge >= 0.3 is 0 Å². The topological polar surface area (TPSA) is 54.9 Å². The zero-order chi connectivity index (χ0) is 20.1. The van der Waals surface area contributed by atoms with Crippen LogP contribution in [0.25, 0.3) is 10.2 Å². The molecule has 8 heteroatoms. The Morgan fingerprint density at radius 1 is 1.14 bits per heavy atom. The number of halogens is 1. The van der Waals surface area contributed by atoms with Crippen molar-refractivity contribution in [3.63, 3.8) is 0 Å². The zero-order valence-corrected chi connectivity index (χ0v) is 17.6. The number of anilines is 1. The fraction of sp³-hybridized carbons (Fsp3) is 0.300. The molecule has 0 aliphatic heterocycles. The van der Waals surface area contributed by atoms with Gasteiger partial charge in [-0.25, -0.2) is 4.98 Å². The number of benzene rings is 2. The molecule has 2 aromatic carbocycles. The van der Waals surface area contributed by atoms with Crippen molar-refractivity contribution in [2.45, 2.75) is 0 Å². The number of carbonyl (C=O) groups excluding carboxylic acids is 1. The van der Waals surface area contributed by atoms with E-state index in [1.54, 1.807) is 30.2 Å². The average molecular weight is 420 g/mol. The summed E-state index contributed by atoms with van der Waals surface area (Å²) in [6.45, 7) is 1.14. The summed E-state index contributed by atoms with van der Waals surface area (Å²) in [4.78, 5) is 21.2. The van der Waals surface area contributed by atoms with Crippen molar-refractivity contribution in [1.29, 1.82) is 0 Å². The molecule has 0 saturated heterocycles. The van der Waals surface area contributed by atoms with Crippen LogP contribution in [-0.2, 0) is 4.79 Å². The SMILES string of the molecule is COc1cccc(OCC(=O)N(CCN(C)C)c2nc3ccc(Cl)cc3s2)c1. The Balaban J connectivity index is 1.78. The lowest BCUT2D eigenvalue weighted by Crippen LogP contribution is -2.39. The molecule has 28 heavy (non-hydrogen) atoms. The highest BCUT2D eigenvalue weighted by Crippen LogP contribution is 2.31. The molecule has 1 aromatic heterocycles. The molecule has 0 fully saturated rings. The number of nitrogens with zero attached hydrogens (tertiary/aromatic N) is 3. The summed E-state index contributed by atoms with van der Waals surface area (Å²) in [6, 6.07) is 12.7. The maximum Gasteiger partial charge on any atom is 0.266 e. The summed E-state index contributed by atoms with van der Waals surface area (Å²) in [5, 5.41) is 1.29. The highest BCUT2D eigenvalue weighted by molar-refractivity contribution is 7.22. The van der Waals surface area contributed by atoms with Gasteiger partial charge in [-0.3, -0.25) is 9.69 Å². The molecule has 0 N–H and O–H groups in total. The van der Waals surface area contributed by atoms with E-state index in [2.05, 4.69) is 4.98 Å². The van der Waals surface area contributed by atoms with Gasteiger partial charge in [0.1, 0.15) is 11.5 Å². The lowest BCUT2D eigenvalue weighted by molar-refractivity contribution is -0.120. The van der Waals surface area contributed by atoms with Gasteiger partial charge < -0.3 is 14.4 Å². The monoisotopic (exact) mass is 419 g/mol. The lowest BCUT2D eigenvalue weighted by atomic mass is 10.3. The number of hydrogen-bond acceptors (Lipinski definition) is 6. The molecule has 0 unspecified atom stereocenters. The molecular weight excluding hydrogens is 398 g/mol. The van der Waals surface area contributed by atoms with Gasteiger partial charge in [-0.2, -0.15) is 0 Å². The Bertz CT molecular complexity index is 961. The Kier molecular flexibility index (Phi) is 6.72. The number of thiazole rings is 1. The van der Waals surface area contributed by atoms with E-state index >= 15 is 0 Å². The second-order valence-electron chi connectivity index (χ2n) is 6.42. The van der Waals surface area contributed by atoms with E-state index in [9.17, 15) is 4.79 Å². The van der Waals surface area contributed by atoms with E-state index in [-0.39, 0.29) is 12.5 Å². The van der Waals surface area contributed by atoms with Crippen LogP contribution in [0.15, 0.2) is 42.5 Å². The highest BCUT2D eigenvalue weighted by Gasteiger charge is 2.20. The van der Waals surface area contributed by atoms with E-state index in [0.717, 1.165) is 10.2 Å². The molecular formula is C20H22ClN3O3S. The maximum atomic E-state index is 12.9. The number of ether oxygens (including phenoxy) is 2. The molecule has 3 rings (SSSR count). The molecule has 148 valence electrons. The van der Waals surface area contributed by atoms with E-state index < -0.39 is 0 Å². The highest BCUT2D eigenvalue weighted by atomic mass is 35.5. The lowest BCUT2D eigenvalue weighted by Gasteiger charge is -2.22. The van der Waals surface area contributed by atoms with Gasteiger partial charge in [0, 0.05) is 24.2 Å². The third-order valence-corrected chi connectivity index (χ3v) is 5.32. The van der Waals surface area contributed by atoms with Crippen LogP contribution >= 0.6 is 22.9 Å². The van der Waals surface area contributed by atoms with Crippen molar-refractivity contribution in [3.05, 3.63) is 47.5 Å². The summed E-state index contributed by atoms with van der Waals surface area (Å²) >= 11 is 7.52. The number of likely N-dealkylation sites (N-methyl/N-ethyl adjacent to an activating group) is 1. The van der Waals surface area contributed by atoms with Crippen LogP contribution in [0.2, 0.25) is 5.02 Å². The van der Waals surface area contributed by atoms with E-state index in [1.807, 2.05) is 43.3 Å². The predicted octanol–water partition coefficient (Wildman–Crippen LogP) is 3.93. The fourth-order valence-corrected chi connectivity index (χ4v) is 3.83. The van der Waals surface area contributed by atoms with Crippen LogP contribution in [0.5, 0.6) is 11.5 Å². The summed E-state index contributed by atoms with van der Waals surface area (Å²) in [6.07, 6.45) is 0. The van der Waals surface area contributed by atoms with E-state index in [0.29, 0.717) is 34.7 Å². The number of rotatable bonds is 8. The van der Waals surface area contributed by atoms with Crippen LogP contribution < -0.4 is 14.4 Å². The third-order valence-electron chi connectivity index (χ3n) is 4.05. The summed E-state index contributed by atoms with van der Waals surface area (Å²) < 4.78 is 11.8. The van der Waals surface area contributed by atoms with Crippen LogP contribution in [0.4, 0.5) is 5.13 Å². The average Bonchev–Trinajstić information content (AvgIpc) is 3.09. The first-order valence-electron chi connectivity index (χ1n) is 8.74. The summed E-state index contributed by atoms with van der Waals surface area (Å²) in [5.74, 6) is 1.10. The van der Waals surface area contributed by atoms with Crippen molar-refractivity contribution in [2.75, 3.05) is 45.8 Å². The second-order valence-corrected chi connectivity index (χ2v) is 7.87. The number of fused-ring (bicyclic) bond motifs is 1. The van der Waals surface area contributed by atoms with Crippen LogP contribution in [-0.4, -0.2) is 56.7 Å². The second kappa shape index (κ2) is 9.23. The van der Waals surface area contributed by atoms with E-state index in [4.69, 9.17) is 21.1 Å². The minimum Gasteiger partial charge on any atom is -0.497 e. The molecule has 0 aliphatic rings. The molecule has 1 amide bonds. The molecule has 1 heterocycles. The molecule has 0 atom stereocenters. The molecule has 6 nitrogen and oxygen atoms in total. The quantitative estimate of drug-likeness (QED) is 0.553. The number of carbonyl (C=O) groups is 1. The smallest absolute Gasteiger partial charge is 0.266 e. The fourth-order valence-electron chi connectivity index (χ4n) is 2.54. The number of hydrogen-bond donors (Lipinski definition) is 0. The minimum absolute atomic E-state index is 0.0860. The predicted molar refractivity (Wildman–Crippen MR) is 114 cm³/mol.